The first kappa shape index (κ1) is 38.2. The van der Waals surface area contributed by atoms with Crippen LogP contribution in [0.1, 0.15) is 26.2 Å². The molecule has 0 unspecified atom stereocenters. The summed E-state index contributed by atoms with van der Waals surface area (Å²) in [7, 11) is 0. The van der Waals surface area contributed by atoms with Crippen LogP contribution in [0.4, 0.5) is 0 Å². The smallest absolute Gasteiger partial charge is 0 e. The number of nitrogens with one attached hydrogen (secondary N) is 1. The summed E-state index contributed by atoms with van der Waals surface area (Å²) < 4.78 is 6.86. The van der Waals surface area contributed by atoms with E-state index in [4.69, 9.17) is 21.1 Å². The molecular formula is C12H21MnN2Na2O9Zn. The predicted molar refractivity (Wildman–Crippen MR) is 87.3 cm³/mol. The van der Waals surface area contributed by atoms with Crippen molar-refractivity contribution in [3.05, 3.63) is 0 Å². The van der Waals surface area contributed by atoms with Crippen LogP contribution < -0.4 is 10.1 Å². The molecule has 0 radical (unpaired) electrons. The Kier molecular flexibility index (Phi) is 30.2. The monoisotopic (exact) mass is 502 g/mol. The maximum absolute atomic E-state index is 11.6. The quantitative estimate of drug-likeness (QED) is 0.124. The molecule has 27 heavy (non-hydrogen) atoms. The van der Waals surface area contributed by atoms with E-state index in [1.54, 1.807) is 0 Å². The maximum Gasteiger partial charge on any atom is 0 e. The van der Waals surface area contributed by atoms with Crippen LogP contribution >= 0.6 is 0 Å². The normalized spacial score (nSPS) is 9.00. The van der Waals surface area contributed by atoms with Gasteiger partial charge in [0, 0.05) is 26.4 Å². The van der Waals surface area contributed by atoms with Crippen molar-refractivity contribution >= 4 is 89.0 Å². The summed E-state index contributed by atoms with van der Waals surface area (Å²) >= 11 is 2.98. The molecule has 0 aromatic heterocycles. The number of ether oxygens (including phenoxy) is 1. The molecule has 0 saturated heterocycles. The van der Waals surface area contributed by atoms with Crippen LogP contribution in [-0.4, -0.2) is 117 Å². The van der Waals surface area contributed by atoms with Crippen LogP contribution in [0.15, 0.2) is 0 Å². The molecule has 0 atom stereocenters. The van der Waals surface area contributed by atoms with E-state index in [9.17, 15) is 24.0 Å². The largest absolute Gasteiger partial charge is 0 e. The van der Waals surface area contributed by atoms with Crippen LogP contribution in [0.5, 0.6) is 0 Å². The van der Waals surface area contributed by atoms with Crippen LogP contribution in [0.3, 0.4) is 0 Å². The number of carboxylic acid groups (broad SMARTS) is 3. The summed E-state index contributed by atoms with van der Waals surface area (Å²) in [6.07, 6.45) is -3.22. The fourth-order valence-corrected chi connectivity index (χ4v) is 1.74. The van der Waals surface area contributed by atoms with E-state index >= 15 is 0 Å². The van der Waals surface area contributed by atoms with E-state index in [0.29, 0.717) is 6.54 Å². The molecule has 0 bridgehead atoms. The van der Waals surface area contributed by atoms with Crippen molar-refractivity contribution in [2.75, 3.05) is 13.1 Å². The van der Waals surface area contributed by atoms with E-state index < -0.39 is 54.5 Å². The first-order valence-electron chi connectivity index (χ1n) is 6.42. The third-order valence-electron chi connectivity index (χ3n) is 2.38. The number of nitrogens with two attached hydrogens (primary N) is 1. The summed E-state index contributed by atoms with van der Waals surface area (Å²) in [4.78, 5) is 54.4. The molecule has 0 rings (SSSR count). The van der Waals surface area contributed by atoms with Crippen molar-refractivity contribution in [1.82, 2.24) is 4.33 Å². The second-order valence-corrected chi connectivity index (χ2v) is 4.96. The minimum Gasteiger partial charge on any atom is 0 e. The summed E-state index contributed by atoms with van der Waals surface area (Å²) in [5.74, 6) is -7.31. The number of hydrogen-bond acceptors (Lipinski definition) is 8. The number of rotatable bonds is 9. The van der Waals surface area contributed by atoms with Crippen molar-refractivity contribution in [2.24, 2.45) is 11.1 Å². The third kappa shape index (κ3) is 21.1. The summed E-state index contributed by atoms with van der Waals surface area (Å²) in [6, 6.07) is 0. The van der Waals surface area contributed by atoms with Crippen molar-refractivity contribution in [2.45, 2.75) is 26.2 Å². The number of carbonyl (C=O) groups excluding carboxylic acids is 2. The zero-order chi connectivity index (χ0) is 19.3. The first-order valence-corrected chi connectivity index (χ1v) is 7.01. The average Bonchev–Trinajstić information content (AvgIpc) is 2.36. The molecule has 0 spiro atoms. The van der Waals surface area contributed by atoms with Gasteiger partial charge in [-0.15, -0.1) is 0 Å². The van der Waals surface area contributed by atoms with E-state index in [1.807, 2.05) is 0 Å². The van der Waals surface area contributed by atoms with Gasteiger partial charge in [0.05, 0.1) is 24.7 Å². The van der Waals surface area contributed by atoms with Gasteiger partial charge in [0.25, 0.3) is 0 Å². The van der Waals surface area contributed by atoms with Gasteiger partial charge in [0.2, 0.25) is 0 Å². The van der Waals surface area contributed by atoms with Gasteiger partial charge in [-0.3, -0.25) is 24.0 Å². The molecule has 0 aromatic rings. The van der Waals surface area contributed by atoms with Crippen LogP contribution in [0, 0.1) is 5.41 Å². The van der Waals surface area contributed by atoms with Gasteiger partial charge in [-0.2, -0.15) is 0 Å². The summed E-state index contributed by atoms with van der Waals surface area (Å²) in [5, 5.41) is 26.0. The fourth-order valence-electron chi connectivity index (χ4n) is 1.57. The Balaban J connectivity index is -0.000000178. The number of aliphatic carboxylic acids is 3. The SMILES string of the molecule is CC(=O)OC(=O)C(CC(=O)O)(CC(=O)O)CC(=O)O.NCC[NH][Mn].[NaH].[NaH].[Zn]. The Morgan fingerprint density at radius 2 is 1.30 bits per heavy atom. The van der Waals surface area contributed by atoms with E-state index in [-0.39, 0.29) is 78.6 Å². The van der Waals surface area contributed by atoms with Crippen molar-refractivity contribution < 1.29 is 79.7 Å². The number of carbonyl (C=O) groups is 5. The number of hydrogen-bond donors (Lipinski definition) is 5. The van der Waals surface area contributed by atoms with Crippen LogP contribution in [0.2, 0.25) is 0 Å². The van der Waals surface area contributed by atoms with Crippen molar-refractivity contribution in [3.8, 4) is 0 Å². The Bertz CT molecular complexity index is 455. The van der Waals surface area contributed by atoms with Gasteiger partial charge in [0.15, 0.2) is 0 Å². The predicted octanol–water partition coefficient (Wildman–Crippen LogP) is -2.82. The molecule has 15 heteroatoms. The zero-order valence-electron chi connectivity index (χ0n) is 13.5. The fraction of sp³-hybridized carbons (Fsp3) is 0.583. The Morgan fingerprint density at radius 3 is 1.44 bits per heavy atom. The van der Waals surface area contributed by atoms with E-state index in [1.165, 1.54) is 0 Å². The van der Waals surface area contributed by atoms with Gasteiger partial charge in [0.1, 0.15) is 0 Å². The molecule has 144 valence electrons. The molecule has 0 aliphatic carbocycles. The number of carboxylic acids is 3. The number of esters is 2. The second-order valence-electron chi connectivity index (χ2n) is 4.55. The molecule has 0 aliphatic heterocycles. The molecule has 0 fully saturated rings. The van der Waals surface area contributed by atoms with Gasteiger partial charge < -0.3 is 20.1 Å². The summed E-state index contributed by atoms with van der Waals surface area (Å²) in [5.41, 5.74) is 2.72. The molecule has 6 N–H and O–H groups in total. The van der Waals surface area contributed by atoms with Crippen LogP contribution in [-0.2, 0) is 64.4 Å². The van der Waals surface area contributed by atoms with Gasteiger partial charge in [-0.1, -0.05) is 0 Å². The maximum atomic E-state index is 11.6. The van der Waals surface area contributed by atoms with Crippen LogP contribution in [0.25, 0.3) is 0 Å². The molecular weight excluding hydrogens is 482 g/mol. The summed E-state index contributed by atoms with van der Waals surface area (Å²) in [6.45, 7) is 2.37. The van der Waals surface area contributed by atoms with Crippen molar-refractivity contribution in [1.29, 1.82) is 0 Å². The van der Waals surface area contributed by atoms with Crippen molar-refractivity contribution in [3.63, 3.8) is 0 Å². The Morgan fingerprint density at radius 1 is 0.963 bits per heavy atom. The second kappa shape index (κ2) is 21.3. The Labute approximate surface area is 221 Å². The van der Waals surface area contributed by atoms with Gasteiger partial charge in [-0.05, 0) is 0 Å². The van der Waals surface area contributed by atoms with E-state index in [2.05, 4.69) is 25.3 Å². The topological polar surface area (TPSA) is 193 Å². The Hall–Kier alpha value is 0.613. The average molecular weight is 504 g/mol. The molecule has 0 aliphatic rings. The minimum atomic E-state index is -2.32. The molecule has 0 aromatic carbocycles. The van der Waals surface area contributed by atoms with E-state index in [0.717, 1.165) is 13.5 Å². The van der Waals surface area contributed by atoms with Gasteiger partial charge >= 0.3 is 128 Å². The van der Waals surface area contributed by atoms with Gasteiger partial charge in [-0.25, -0.2) is 0 Å². The first-order chi connectivity index (χ1) is 11.0. The minimum absolute atomic E-state index is 0. The molecule has 0 heterocycles. The molecule has 11 nitrogen and oxygen atoms in total. The zero-order valence-corrected chi connectivity index (χ0v) is 17.6. The third-order valence-corrected chi connectivity index (χ3v) is 2.67. The molecule has 0 saturated carbocycles. The standard InChI is InChI=1S/C10H12O9.C2H7N2.Mn.2Na.Zn.2H/c1-5(11)19-9(18)10(2-6(12)13,3-7(14)15)4-8(16)17;3-1-2-4;;;;;;/h2-4H2,1H3,(H,12,13)(H,14,15)(H,16,17);3H,1-2,4H2;;;;;;/q;-1;+1;;;;;. The molecule has 0 amide bonds.